The van der Waals surface area contributed by atoms with Gasteiger partial charge in [-0.05, 0) is 46.1 Å². The molecule has 0 saturated carbocycles. The fraction of sp³-hybridized carbons (Fsp3) is 0.600. The lowest BCUT2D eigenvalue weighted by Gasteiger charge is -2.28. The lowest BCUT2D eigenvalue weighted by atomic mass is 9.94. The number of nitrogens with zero attached hydrogens (tertiary/aromatic N) is 1. The Morgan fingerprint density at radius 2 is 1.88 bits per heavy atom. The van der Waals surface area contributed by atoms with E-state index >= 15 is 0 Å². The van der Waals surface area contributed by atoms with Crippen molar-refractivity contribution in [2.75, 3.05) is 13.1 Å². The van der Waals surface area contributed by atoms with Gasteiger partial charge in [-0.3, -0.25) is 4.79 Å². The van der Waals surface area contributed by atoms with E-state index in [0.29, 0.717) is 12.5 Å². The molecule has 1 fully saturated rings. The van der Waals surface area contributed by atoms with E-state index in [1.54, 1.807) is 27.7 Å². The average Bonchev–Trinajstić information content (AvgIpc) is 2.79. The molecule has 1 heterocycles. The first kappa shape index (κ1) is 19.3. The van der Waals surface area contributed by atoms with Gasteiger partial charge in [-0.25, -0.2) is 4.79 Å². The van der Waals surface area contributed by atoms with Crippen molar-refractivity contribution in [3.8, 4) is 0 Å². The van der Waals surface area contributed by atoms with Gasteiger partial charge in [-0.15, -0.1) is 0 Å². The number of carbonyl (C=O) groups excluding carboxylic acids is 2. The molecular weight excluding hydrogens is 316 g/mol. The van der Waals surface area contributed by atoms with Crippen molar-refractivity contribution in [3.05, 3.63) is 35.9 Å². The molecule has 0 spiro atoms. The molecule has 5 nitrogen and oxygen atoms in total. The maximum absolute atomic E-state index is 12.8. The minimum absolute atomic E-state index is 0.0475. The molecule has 2 atom stereocenters. The van der Waals surface area contributed by atoms with Crippen molar-refractivity contribution in [2.45, 2.75) is 64.5 Å². The van der Waals surface area contributed by atoms with E-state index in [-0.39, 0.29) is 5.91 Å². The lowest BCUT2D eigenvalue weighted by Crippen LogP contribution is -2.49. The van der Waals surface area contributed by atoms with E-state index in [0.717, 1.165) is 25.8 Å². The standard InChI is InChI=1S/C20H30N2O3/c1-15(21-19(24)25-20(2,3)4)18(23)22-13-9-8-12-17(14-22)16-10-6-5-7-11-16/h5-7,10-11,15,17H,8-9,12-14H2,1-4H3,(H,21,24)/t15-,17-/m1/s1. The zero-order valence-corrected chi connectivity index (χ0v) is 15.7. The summed E-state index contributed by atoms with van der Waals surface area (Å²) in [6, 6.07) is 9.75. The smallest absolute Gasteiger partial charge is 0.408 e. The topological polar surface area (TPSA) is 58.6 Å². The highest BCUT2D eigenvalue weighted by Gasteiger charge is 2.28. The fourth-order valence-electron chi connectivity index (χ4n) is 3.16. The molecular formula is C20H30N2O3. The van der Waals surface area contributed by atoms with Crippen LogP contribution < -0.4 is 5.32 Å². The van der Waals surface area contributed by atoms with Crippen LogP contribution in [-0.2, 0) is 9.53 Å². The van der Waals surface area contributed by atoms with Crippen LogP contribution in [0.3, 0.4) is 0 Å². The number of amides is 2. The van der Waals surface area contributed by atoms with Crippen LogP contribution in [0, 0.1) is 0 Å². The number of ether oxygens (including phenoxy) is 1. The highest BCUT2D eigenvalue weighted by molar-refractivity contribution is 5.85. The molecule has 5 heteroatoms. The predicted octanol–water partition coefficient (Wildman–Crippen LogP) is 3.70. The fourth-order valence-corrected chi connectivity index (χ4v) is 3.16. The number of nitrogens with one attached hydrogen (secondary N) is 1. The van der Waals surface area contributed by atoms with Crippen LogP contribution in [-0.4, -0.2) is 41.6 Å². The second kappa shape index (κ2) is 8.37. The van der Waals surface area contributed by atoms with Crippen molar-refractivity contribution in [3.63, 3.8) is 0 Å². The van der Waals surface area contributed by atoms with Gasteiger partial charge in [0.1, 0.15) is 11.6 Å². The summed E-state index contributed by atoms with van der Waals surface area (Å²) in [5.41, 5.74) is 0.698. The summed E-state index contributed by atoms with van der Waals surface area (Å²) in [7, 11) is 0. The van der Waals surface area contributed by atoms with Crippen LogP contribution in [0.15, 0.2) is 30.3 Å². The minimum atomic E-state index is -0.593. The summed E-state index contributed by atoms with van der Waals surface area (Å²) >= 11 is 0. The van der Waals surface area contributed by atoms with Crippen molar-refractivity contribution in [1.82, 2.24) is 10.2 Å². The lowest BCUT2D eigenvalue weighted by molar-refractivity contribution is -0.133. The van der Waals surface area contributed by atoms with E-state index in [1.807, 2.05) is 23.1 Å². The maximum Gasteiger partial charge on any atom is 0.408 e. The van der Waals surface area contributed by atoms with E-state index in [9.17, 15) is 9.59 Å². The Morgan fingerprint density at radius 3 is 2.52 bits per heavy atom. The van der Waals surface area contributed by atoms with Gasteiger partial charge >= 0.3 is 6.09 Å². The van der Waals surface area contributed by atoms with E-state index in [4.69, 9.17) is 4.74 Å². The maximum atomic E-state index is 12.8. The highest BCUT2D eigenvalue weighted by atomic mass is 16.6. The molecule has 1 N–H and O–H groups in total. The molecule has 0 radical (unpaired) electrons. The first-order chi connectivity index (χ1) is 11.8. The Labute approximate surface area is 150 Å². The molecule has 1 aliphatic rings. The number of benzene rings is 1. The molecule has 25 heavy (non-hydrogen) atoms. The summed E-state index contributed by atoms with van der Waals surface area (Å²) in [5, 5.41) is 2.66. The number of hydrogen-bond acceptors (Lipinski definition) is 3. The van der Waals surface area contributed by atoms with E-state index < -0.39 is 17.7 Å². The molecule has 0 unspecified atom stereocenters. The number of alkyl carbamates (subject to hydrolysis) is 1. The van der Waals surface area contributed by atoms with Crippen LogP contribution >= 0.6 is 0 Å². The first-order valence-electron chi connectivity index (χ1n) is 9.09. The molecule has 2 amide bonds. The van der Waals surface area contributed by atoms with Gasteiger partial charge in [-0.2, -0.15) is 0 Å². The number of carbonyl (C=O) groups is 2. The quantitative estimate of drug-likeness (QED) is 0.908. The Hall–Kier alpha value is -2.04. The summed E-state index contributed by atoms with van der Waals surface area (Å²) in [6.45, 7) is 8.56. The monoisotopic (exact) mass is 346 g/mol. The van der Waals surface area contributed by atoms with Gasteiger partial charge in [0.05, 0.1) is 0 Å². The summed E-state index contributed by atoms with van der Waals surface area (Å²) in [6.07, 6.45) is 2.63. The zero-order chi connectivity index (χ0) is 18.4. The first-order valence-corrected chi connectivity index (χ1v) is 9.09. The zero-order valence-electron chi connectivity index (χ0n) is 15.7. The van der Waals surface area contributed by atoms with Crippen molar-refractivity contribution in [2.24, 2.45) is 0 Å². The highest BCUT2D eigenvalue weighted by Crippen LogP contribution is 2.26. The van der Waals surface area contributed by atoms with E-state index in [2.05, 4.69) is 17.4 Å². The summed E-state index contributed by atoms with van der Waals surface area (Å²) in [5.74, 6) is 0.301. The van der Waals surface area contributed by atoms with Gasteiger partial charge in [0.15, 0.2) is 0 Å². The van der Waals surface area contributed by atoms with Gasteiger partial charge in [0.2, 0.25) is 5.91 Å². The summed E-state index contributed by atoms with van der Waals surface area (Å²) < 4.78 is 5.24. The third kappa shape index (κ3) is 6.07. The Balaban J connectivity index is 1.98. The molecule has 0 aromatic heterocycles. The van der Waals surface area contributed by atoms with E-state index in [1.165, 1.54) is 5.56 Å². The minimum Gasteiger partial charge on any atom is -0.444 e. The van der Waals surface area contributed by atoms with Crippen molar-refractivity contribution in [1.29, 1.82) is 0 Å². The molecule has 0 aliphatic carbocycles. The molecule has 1 aromatic carbocycles. The second-order valence-electron chi connectivity index (χ2n) is 7.76. The average molecular weight is 346 g/mol. The van der Waals surface area contributed by atoms with Gasteiger partial charge in [-0.1, -0.05) is 36.8 Å². The van der Waals surface area contributed by atoms with Crippen molar-refractivity contribution >= 4 is 12.0 Å². The number of likely N-dealkylation sites (tertiary alicyclic amines) is 1. The van der Waals surface area contributed by atoms with Gasteiger partial charge in [0, 0.05) is 19.0 Å². The molecule has 1 aliphatic heterocycles. The predicted molar refractivity (Wildman–Crippen MR) is 98.4 cm³/mol. The largest absolute Gasteiger partial charge is 0.444 e. The molecule has 138 valence electrons. The van der Waals surface area contributed by atoms with Crippen LogP contribution in [0.1, 0.15) is 58.4 Å². The van der Waals surface area contributed by atoms with Gasteiger partial charge < -0.3 is 15.0 Å². The van der Waals surface area contributed by atoms with Crippen LogP contribution in [0.4, 0.5) is 4.79 Å². The van der Waals surface area contributed by atoms with Crippen LogP contribution in [0.2, 0.25) is 0 Å². The van der Waals surface area contributed by atoms with Crippen molar-refractivity contribution < 1.29 is 14.3 Å². The van der Waals surface area contributed by atoms with Crippen LogP contribution in [0.25, 0.3) is 0 Å². The molecule has 0 bridgehead atoms. The third-order valence-electron chi connectivity index (χ3n) is 4.36. The Morgan fingerprint density at radius 1 is 1.20 bits per heavy atom. The van der Waals surface area contributed by atoms with Gasteiger partial charge in [0.25, 0.3) is 0 Å². The normalized spacial score (nSPS) is 19.7. The molecule has 1 saturated heterocycles. The SMILES string of the molecule is C[C@@H](NC(=O)OC(C)(C)C)C(=O)N1CCCC[C@@H](c2ccccc2)C1. The molecule has 1 aromatic rings. The molecule has 2 rings (SSSR count). The Bertz CT molecular complexity index is 580. The number of rotatable bonds is 3. The van der Waals surface area contributed by atoms with Crippen LogP contribution in [0.5, 0.6) is 0 Å². The third-order valence-corrected chi connectivity index (χ3v) is 4.36. The second-order valence-corrected chi connectivity index (χ2v) is 7.76. The Kier molecular flexibility index (Phi) is 6.45. The summed E-state index contributed by atoms with van der Waals surface area (Å²) in [4.78, 5) is 26.6. The number of hydrogen-bond donors (Lipinski definition) is 1.